The van der Waals surface area contributed by atoms with Gasteiger partial charge in [-0.2, -0.15) is 0 Å². The van der Waals surface area contributed by atoms with Gasteiger partial charge in [-0.1, -0.05) is 12.1 Å². The van der Waals surface area contributed by atoms with E-state index in [0.29, 0.717) is 0 Å². The van der Waals surface area contributed by atoms with Gasteiger partial charge in [0.05, 0.1) is 30.6 Å². The van der Waals surface area contributed by atoms with Crippen molar-refractivity contribution in [1.29, 1.82) is 0 Å². The summed E-state index contributed by atoms with van der Waals surface area (Å²) in [6.07, 6.45) is -1.71. The SMILES string of the molecule is Cc1cccc2c1NC(O)N2CC(O)CO. The van der Waals surface area contributed by atoms with Crippen LogP contribution in [0.5, 0.6) is 0 Å². The standard InChI is InChI=1S/C11H16N2O3/c1-7-3-2-4-9-10(7)12-11(16)13(9)5-8(15)6-14/h2-4,8,11-12,14-16H,5-6H2,1H3. The number of fused-ring (bicyclic) bond motifs is 1. The number of aliphatic hydroxyl groups excluding tert-OH is 3. The van der Waals surface area contributed by atoms with Gasteiger partial charge < -0.3 is 25.5 Å². The summed E-state index contributed by atoms with van der Waals surface area (Å²) in [6.45, 7) is 1.83. The van der Waals surface area contributed by atoms with Gasteiger partial charge in [0.25, 0.3) is 0 Å². The molecule has 0 aliphatic carbocycles. The highest BCUT2D eigenvalue weighted by Crippen LogP contribution is 2.36. The molecule has 2 rings (SSSR count). The number of β-amino-alcohol motifs (C(OH)–C–C–N with tert-alkyl or cyclic N) is 1. The highest BCUT2D eigenvalue weighted by Gasteiger charge is 2.28. The molecule has 4 N–H and O–H groups in total. The summed E-state index contributed by atoms with van der Waals surface area (Å²) in [5.41, 5.74) is 2.76. The lowest BCUT2D eigenvalue weighted by Gasteiger charge is -2.24. The maximum atomic E-state index is 9.80. The zero-order chi connectivity index (χ0) is 11.7. The molecule has 88 valence electrons. The molecular formula is C11H16N2O3. The Morgan fingerprint density at radius 3 is 2.94 bits per heavy atom. The van der Waals surface area contributed by atoms with Crippen LogP contribution in [-0.2, 0) is 0 Å². The van der Waals surface area contributed by atoms with Gasteiger partial charge in [-0.15, -0.1) is 0 Å². The third-order valence-corrected chi connectivity index (χ3v) is 2.75. The van der Waals surface area contributed by atoms with Crippen LogP contribution in [0.25, 0.3) is 0 Å². The van der Waals surface area contributed by atoms with Crippen LogP contribution in [0.2, 0.25) is 0 Å². The largest absolute Gasteiger partial charge is 0.394 e. The third-order valence-electron chi connectivity index (χ3n) is 2.75. The van der Waals surface area contributed by atoms with Crippen molar-refractivity contribution in [3.8, 4) is 0 Å². The summed E-state index contributed by atoms with van der Waals surface area (Å²) < 4.78 is 0. The minimum atomic E-state index is -0.858. The average molecular weight is 224 g/mol. The third kappa shape index (κ3) is 1.84. The van der Waals surface area contributed by atoms with Crippen LogP contribution >= 0.6 is 0 Å². The van der Waals surface area contributed by atoms with E-state index in [9.17, 15) is 10.2 Å². The maximum Gasteiger partial charge on any atom is 0.205 e. The number of benzene rings is 1. The molecule has 0 amide bonds. The number of rotatable bonds is 3. The molecule has 0 spiro atoms. The molecule has 5 heteroatoms. The summed E-state index contributed by atoms with van der Waals surface area (Å²) in [5, 5.41) is 30.9. The highest BCUT2D eigenvalue weighted by molar-refractivity contribution is 5.78. The fraction of sp³-hybridized carbons (Fsp3) is 0.455. The van der Waals surface area contributed by atoms with Crippen molar-refractivity contribution in [2.75, 3.05) is 23.4 Å². The Bertz CT molecular complexity index is 383. The lowest BCUT2D eigenvalue weighted by Crippen LogP contribution is -2.41. The molecule has 0 bridgehead atoms. The Morgan fingerprint density at radius 1 is 1.50 bits per heavy atom. The molecule has 0 fully saturated rings. The Hall–Kier alpha value is -1.30. The first-order chi connectivity index (χ1) is 7.63. The second-order valence-electron chi connectivity index (χ2n) is 3.98. The first kappa shape index (κ1) is 11.2. The maximum absolute atomic E-state index is 9.80. The Morgan fingerprint density at radius 2 is 2.25 bits per heavy atom. The van der Waals surface area contributed by atoms with Crippen molar-refractivity contribution in [2.24, 2.45) is 0 Å². The predicted octanol–water partition coefficient (Wildman–Crippen LogP) is -0.144. The molecule has 5 nitrogen and oxygen atoms in total. The topological polar surface area (TPSA) is 76.0 Å². The molecule has 1 heterocycles. The quantitative estimate of drug-likeness (QED) is 0.575. The first-order valence-corrected chi connectivity index (χ1v) is 5.23. The minimum Gasteiger partial charge on any atom is -0.394 e. The lowest BCUT2D eigenvalue weighted by molar-refractivity contribution is 0.0894. The van der Waals surface area contributed by atoms with Crippen molar-refractivity contribution in [3.63, 3.8) is 0 Å². The second kappa shape index (κ2) is 4.29. The number of aryl methyl sites for hydroxylation is 1. The first-order valence-electron chi connectivity index (χ1n) is 5.23. The van der Waals surface area contributed by atoms with Crippen molar-refractivity contribution < 1.29 is 15.3 Å². The van der Waals surface area contributed by atoms with E-state index in [1.54, 1.807) is 4.90 Å². The Kier molecular flexibility index (Phi) is 3.00. The van der Waals surface area contributed by atoms with Crippen LogP contribution in [0.4, 0.5) is 11.4 Å². The highest BCUT2D eigenvalue weighted by atomic mass is 16.3. The molecule has 0 saturated heterocycles. The van der Waals surface area contributed by atoms with Crippen LogP contribution in [0, 0.1) is 6.92 Å². The summed E-state index contributed by atoms with van der Waals surface area (Å²) in [4.78, 5) is 1.63. The van der Waals surface area contributed by atoms with E-state index < -0.39 is 12.5 Å². The Balaban J connectivity index is 2.26. The van der Waals surface area contributed by atoms with Gasteiger partial charge in [-0.25, -0.2) is 0 Å². The number of para-hydroxylation sites is 1. The van der Waals surface area contributed by atoms with Gasteiger partial charge >= 0.3 is 0 Å². The number of nitrogens with zero attached hydrogens (tertiary/aromatic N) is 1. The molecule has 2 atom stereocenters. The summed E-state index contributed by atoms with van der Waals surface area (Å²) in [6, 6.07) is 5.71. The lowest BCUT2D eigenvalue weighted by atomic mass is 10.1. The van der Waals surface area contributed by atoms with Gasteiger partial charge in [0.2, 0.25) is 6.35 Å². The van der Waals surface area contributed by atoms with Crippen molar-refractivity contribution in [2.45, 2.75) is 19.4 Å². The summed E-state index contributed by atoms with van der Waals surface area (Å²) >= 11 is 0. The second-order valence-corrected chi connectivity index (χ2v) is 3.98. The van der Waals surface area contributed by atoms with Gasteiger partial charge in [0.15, 0.2) is 0 Å². The van der Waals surface area contributed by atoms with Crippen molar-refractivity contribution in [3.05, 3.63) is 23.8 Å². The molecule has 0 saturated carbocycles. The van der Waals surface area contributed by atoms with Crippen molar-refractivity contribution in [1.82, 2.24) is 0 Å². The fourth-order valence-electron chi connectivity index (χ4n) is 1.90. The van der Waals surface area contributed by atoms with Crippen LogP contribution in [0.15, 0.2) is 18.2 Å². The number of nitrogens with one attached hydrogen (secondary N) is 1. The van der Waals surface area contributed by atoms with Crippen LogP contribution < -0.4 is 10.2 Å². The normalized spacial score (nSPS) is 20.5. The van der Waals surface area contributed by atoms with Crippen LogP contribution in [0.3, 0.4) is 0 Å². The number of aliphatic hydroxyl groups is 3. The number of hydrogen-bond acceptors (Lipinski definition) is 5. The van der Waals surface area contributed by atoms with Gasteiger partial charge in [-0.05, 0) is 18.6 Å². The van der Waals surface area contributed by atoms with E-state index in [2.05, 4.69) is 5.32 Å². The van der Waals surface area contributed by atoms with E-state index in [-0.39, 0.29) is 13.2 Å². The van der Waals surface area contributed by atoms with Gasteiger partial charge in [-0.3, -0.25) is 0 Å². The zero-order valence-electron chi connectivity index (χ0n) is 9.09. The molecule has 2 unspecified atom stereocenters. The fourth-order valence-corrected chi connectivity index (χ4v) is 1.90. The van der Waals surface area contributed by atoms with E-state index in [1.807, 2.05) is 25.1 Å². The monoisotopic (exact) mass is 224 g/mol. The van der Waals surface area contributed by atoms with Gasteiger partial charge in [0, 0.05) is 0 Å². The summed E-state index contributed by atoms with van der Waals surface area (Å²) in [5.74, 6) is 0. The molecule has 0 aromatic heterocycles. The molecule has 16 heavy (non-hydrogen) atoms. The number of hydrogen-bond donors (Lipinski definition) is 4. The van der Waals surface area contributed by atoms with Gasteiger partial charge in [0.1, 0.15) is 0 Å². The molecule has 1 aliphatic heterocycles. The minimum absolute atomic E-state index is 0.196. The summed E-state index contributed by atoms with van der Waals surface area (Å²) in [7, 11) is 0. The van der Waals surface area contributed by atoms with Crippen LogP contribution in [-0.4, -0.2) is 40.9 Å². The van der Waals surface area contributed by atoms with E-state index in [1.165, 1.54) is 0 Å². The average Bonchev–Trinajstić information content (AvgIpc) is 2.58. The molecule has 0 radical (unpaired) electrons. The predicted molar refractivity (Wildman–Crippen MR) is 61.2 cm³/mol. The smallest absolute Gasteiger partial charge is 0.205 e. The molecule has 1 aromatic rings. The van der Waals surface area contributed by atoms with E-state index >= 15 is 0 Å². The molecule has 1 aliphatic rings. The van der Waals surface area contributed by atoms with E-state index in [4.69, 9.17) is 5.11 Å². The Labute approximate surface area is 93.9 Å². The number of anilines is 2. The molecular weight excluding hydrogens is 208 g/mol. The van der Waals surface area contributed by atoms with E-state index in [0.717, 1.165) is 16.9 Å². The zero-order valence-corrected chi connectivity index (χ0v) is 9.09. The molecule has 1 aromatic carbocycles. The van der Waals surface area contributed by atoms with Crippen LogP contribution in [0.1, 0.15) is 5.56 Å². The van der Waals surface area contributed by atoms with Crippen molar-refractivity contribution >= 4 is 11.4 Å².